The average molecular weight is 356 g/mol. The SMILES string of the molecule is CCNCC(OC1CC(C)OC(C)C1)c1ccccc1Br. The van der Waals surface area contributed by atoms with Crippen LogP contribution < -0.4 is 5.32 Å². The van der Waals surface area contributed by atoms with E-state index in [1.54, 1.807) is 0 Å². The van der Waals surface area contributed by atoms with E-state index in [0.29, 0.717) is 0 Å². The molecule has 0 aromatic heterocycles. The molecule has 1 aromatic rings. The van der Waals surface area contributed by atoms with Gasteiger partial charge in [-0.3, -0.25) is 0 Å². The minimum atomic E-state index is 0.0722. The fourth-order valence-electron chi connectivity index (χ4n) is 2.93. The van der Waals surface area contributed by atoms with Gasteiger partial charge in [-0.2, -0.15) is 0 Å². The number of halogens is 1. The van der Waals surface area contributed by atoms with Crippen LogP contribution in [0.1, 0.15) is 45.3 Å². The summed E-state index contributed by atoms with van der Waals surface area (Å²) in [5.41, 5.74) is 1.21. The highest BCUT2D eigenvalue weighted by Crippen LogP contribution is 2.30. The lowest BCUT2D eigenvalue weighted by Crippen LogP contribution is -2.36. The van der Waals surface area contributed by atoms with E-state index >= 15 is 0 Å². The number of ether oxygens (including phenoxy) is 2. The monoisotopic (exact) mass is 355 g/mol. The fourth-order valence-corrected chi connectivity index (χ4v) is 3.47. The van der Waals surface area contributed by atoms with Crippen molar-refractivity contribution >= 4 is 15.9 Å². The smallest absolute Gasteiger partial charge is 0.0963 e. The number of hydrogen-bond acceptors (Lipinski definition) is 3. The third-order valence-corrected chi connectivity index (χ3v) is 4.56. The molecule has 118 valence electrons. The Labute approximate surface area is 136 Å². The molecule has 1 saturated heterocycles. The van der Waals surface area contributed by atoms with Gasteiger partial charge in [0, 0.05) is 11.0 Å². The van der Waals surface area contributed by atoms with Crippen molar-refractivity contribution in [1.82, 2.24) is 5.32 Å². The molecule has 2 rings (SSSR count). The molecule has 0 aliphatic carbocycles. The molecular weight excluding hydrogens is 330 g/mol. The summed E-state index contributed by atoms with van der Waals surface area (Å²) in [6.07, 6.45) is 2.83. The first-order chi connectivity index (χ1) is 10.1. The van der Waals surface area contributed by atoms with Crippen molar-refractivity contribution < 1.29 is 9.47 Å². The molecule has 1 aliphatic heterocycles. The van der Waals surface area contributed by atoms with Gasteiger partial charge in [0.2, 0.25) is 0 Å². The Morgan fingerprint density at radius 1 is 1.29 bits per heavy atom. The van der Waals surface area contributed by atoms with E-state index in [-0.39, 0.29) is 24.4 Å². The number of rotatable bonds is 6. The van der Waals surface area contributed by atoms with Crippen LogP contribution in [0.25, 0.3) is 0 Å². The van der Waals surface area contributed by atoms with E-state index in [9.17, 15) is 0 Å². The van der Waals surface area contributed by atoms with Crippen LogP contribution >= 0.6 is 15.9 Å². The molecule has 0 radical (unpaired) electrons. The Hall–Kier alpha value is -0.420. The first kappa shape index (κ1) is 16.9. The van der Waals surface area contributed by atoms with Crippen molar-refractivity contribution in [3.05, 3.63) is 34.3 Å². The first-order valence-electron chi connectivity index (χ1n) is 7.86. The zero-order chi connectivity index (χ0) is 15.2. The minimum Gasteiger partial charge on any atom is -0.375 e. The molecular formula is C17H26BrNO2. The molecule has 0 saturated carbocycles. The molecule has 1 fully saturated rings. The van der Waals surface area contributed by atoms with Crippen molar-refractivity contribution in [2.75, 3.05) is 13.1 Å². The van der Waals surface area contributed by atoms with Crippen molar-refractivity contribution in [2.45, 2.75) is 58.0 Å². The maximum absolute atomic E-state index is 6.43. The third-order valence-electron chi connectivity index (χ3n) is 3.84. The summed E-state index contributed by atoms with van der Waals surface area (Å²) in [6, 6.07) is 8.32. The zero-order valence-electron chi connectivity index (χ0n) is 13.1. The maximum atomic E-state index is 6.43. The van der Waals surface area contributed by atoms with Crippen molar-refractivity contribution in [2.24, 2.45) is 0 Å². The standard InChI is InChI=1S/C17H26BrNO2/c1-4-19-11-17(15-7-5-6-8-16(15)18)21-14-9-12(2)20-13(3)10-14/h5-8,12-14,17,19H,4,9-11H2,1-3H3. The van der Waals surface area contributed by atoms with E-state index in [4.69, 9.17) is 9.47 Å². The Kier molecular flexibility index (Phi) is 6.68. The van der Waals surface area contributed by atoms with E-state index in [1.165, 1.54) is 5.56 Å². The van der Waals surface area contributed by atoms with Crippen LogP contribution in [0.2, 0.25) is 0 Å². The molecule has 1 N–H and O–H groups in total. The van der Waals surface area contributed by atoms with E-state index in [2.05, 4.69) is 60.2 Å². The summed E-state index contributed by atoms with van der Waals surface area (Å²) in [4.78, 5) is 0. The van der Waals surface area contributed by atoms with Gasteiger partial charge in [0.15, 0.2) is 0 Å². The molecule has 21 heavy (non-hydrogen) atoms. The summed E-state index contributed by atoms with van der Waals surface area (Å²) >= 11 is 3.64. The molecule has 3 atom stereocenters. The molecule has 1 aliphatic rings. The highest BCUT2D eigenvalue weighted by molar-refractivity contribution is 9.10. The van der Waals surface area contributed by atoms with Crippen LogP contribution in [-0.4, -0.2) is 31.4 Å². The molecule has 0 spiro atoms. The lowest BCUT2D eigenvalue weighted by molar-refractivity contribution is -0.122. The molecule has 4 heteroatoms. The van der Waals surface area contributed by atoms with E-state index in [1.807, 2.05) is 6.07 Å². The molecule has 0 amide bonds. The highest BCUT2D eigenvalue weighted by Gasteiger charge is 2.28. The average Bonchev–Trinajstić information content (AvgIpc) is 2.43. The second-order valence-corrected chi connectivity index (χ2v) is 6.66. The van der Waals surface area contributed by atoms with Crippen LogP contribution in [0, 0.1) is 0 Å². The second kappa shape index (κ2) is 8.28. The summed E-state index contributed by atoms with van der Waals surface area (Å²) in [6.45, 7) is 8.16. The zero-order valence-corrected chi connectivity index (χ0v) is 14.7. The number of hydrogen-bond donors (Lipinski definition) is 1. The summed E-state index contributed by atoms with van der Waals surface area (Å²) in [7, 11) is 0. The Balaban J connectivity index is 2.07. The summed E-state index contributed by atoms with van der Waals surface area (Å²) < 4.78 is 13.3. The van der Waals surface area contributed by atoms with Gasteiger partial charge in [-0.15, -0.1) is 0 Å². The Morgan fingerprint density at radius 2 is 1.95 bits per heavy atom. The van der Waals surface area contributed by atoms with E-state index in [0.717, 1.165) is 30.4 Å². The van der Waals surface area contributed by atoms with Gasteiger partial charge in [0.25, 0.3) is 0 Å². The van der Waals surface area contributed by atoms with E-state index < -0.39 is 0 Å². The lowest BCUT2D eigenvalue weighted by Gasteiger charge is -2.34. The van der Waals surface area contributed by atoms with Gasteiger partial charge in [-0.05, 0) is 44.9 Å². The van der Waals surface area contributed by atoms with Gasteiger partial charge in [0.1, 0.15) is 0 Å². The fraction of sp³-hybridized carbons (Fsp3) is 0.647. The Morgan fingerprint density at radius 3 is 2.57 bits per heavy atom. The topological polar surface area (TPSA) is 30.5 Å². The number of likely N-dealkylation sites (N-methyl/N-ethyl adjacent to an activating group) is 1. The second-order valence-electron chi connectivity index (χ2n) is 5.80. The quantitative estimate of drug-likeness (QED) is 0.833. The lowest BCUT2D eigenvalue weighted by atomic mass is 10.0. The van der Waals surface area contributed by atoms with Gasteiger partial charge >= 0.3 is 0 Å². The van der Waals surface area contributed by atoms with Crippen molar-refractivity contribution in [3.8, 4) is 0 Å². The summed E-state index contributed by atoms with van der Waals surface area (Å²) in [5, 5.41) is 3.41. The third kappa shape index (κ3) is 5.06. The predicted molar refractivity (Wildman–Crippen MR) is 89.5 cm³/mol. The van der Waals surface area contributed by atoms with Crippen LogP contribution in [0.5, 0.6) is 0 Å². The minimum absolute atomic E-state index is 0.0722. The van der Waals surface area contributed by atoms with Crippen LogP contribution in [0.3, 0.4) is 0 Å². The van der Waals surface area contributed by atoms with Gasteiger partial charge in [-0.1, -0.05) is 41.1 Å². The Bertz CT molecular complexity index is 431. The highest BCUT2D eigenvalue weighted by atomic mass is 79.9. The molecule has 1 aromatic carbocycles. The number of benzene rings is 1. The predicted octanol–water partition coefficient (Wildman–Crippen LogP) is 4.07. The van der Waals surface area contributed by atoms with Crippen molar-refractivity contribution in [3.63, 3.8) is 0 Å². The largest absolute Gasteiger partial charge is 0.375 e. The van der Waals surface area contributed by atoms with Gasteiger partial charge in [-0.25, -0.2) is 0 Å². The van der Waals surface area contributed by atoms with Crippen LogP contribution in [-0.2, 0) is 9.47 Å². The molecule has 0 bridgehead atoms. The van der Waals surface area contributed by atoms with Crippen LogP contribution in [0.15, 0.2) is 28.7 Å². The maximum Gasteiger partial charge on any atom is 0.0963 e. The van der Waals surface area contributed by atoms with Gasteiger partial charge < -0.3 is 14.8 Å². The first-order valence-corrected chi connectivity index (χ1v) is 8.65. The van der Waals surface area contributed by atoms with Crippen molar-refractivity contribution in [1.29, 1.82) is 0 Å². The van der Waals surface area contributed by atoms with Gasteiger partial charge in [0.05, 0.1) is 24.4 Å². The normalized spacial score (nSPS) is 27.5. The molecule has 3 nitrogen and oxygen atoms in total. The molecule has 3 unspecified atom stereocenters. The molecule has 1 heterocycles. The van der Waals surface area contributed by atoms with Crippen LogP contribution in [0.4, 0.5) is 0 Å². The number of nitrogens with one attached hydrogen (secondary N) is 1. The summed E-state index contributed by atoms with van der Waals surface area (Å²) in [5.74, 6) is 0.